The van der Waals surface area contributed by atoms with Crippen LogP contribution in [0, 0.1) is 78.4 Å². The highest BCUT2D eigenvalue weighted by atomic mass is 35.5. The van der Waals surface area contributed by atoms with Crippen molar-refractivity contribution in [2.75, 3.05) is 27.2 Å². The molecule has 4 heterocycles. The summed E-state index contributed by atoms with van der Waals surface area (Å²) in [6.07, 6.45) is -4.42. The lowest BCUT2D eigenvalue weighted by Crippen LogP contribution is -2.26. The van der Waals surface area contributed by atoms with Crippen LogP contribution in [0.4, 0.5) is 13.2 Å². The summed E-state index contributed by atoms with van der Waals surface area (Å²) >= 11 is 25.8. The number of aromatic nitrogens is 8. The van der Waals surface area contributed by atoms with E-state index in [2.05, 4.69) is 106 Å². The minimum atomic E-state index is -5.17. The third kappa shape index (κ3) is 27.3. The van der Waals surface area contributed by atoms with Gasteiger partial charge in [-0.05, 0) is 132 Å². The van der Waals surface area contributed by atoms with Gasteiger partial charge in [-0.1, -0.05) is 282 Å². The van der Waals surface area contributed by atoms with Gasteiger partial charge >= 0.3 is 30.1 Å². The number of hydrogen-bond acceptors (Lipinski definition) is 20. The topological polar surface area (TPSA) is 309 Å². The van der Waals surface area contributed by atoms with Crippen LogP contribution in [-0.4, -0.2) is 96.3 Å². The quantitative estimate of drug-likeness (QED) is 0.0169. The molecule has 0 aliphatic rings. The van der Waals surface area contributed by atoms with E-state index < -0.39 is 43.1 Å². The molecule has 10 aromatic rings. The number of rotatable bonds is 25. The van der Waals surface area contributed by atoms with Crippen molar-refractivity contribution in [3.8, 4) is 24.3 Å². The summed E-state index contributed by atoms with van der Waals surface area (Å²) in [7, 11) is 6.69. The minimum absolute atomic E-state index is 0.00610. The average Bonchev–Trinajstić information content (AvgIpc) is 1.66. The molecule has 0 radical (unpaired) electrons. The molecule has 24 nitrogen and oxygen atoms in total. The van der Waals surface area contributed by atoms with Gasteiger partial charge in [0.2, 0.25) is 27.2 Å². The van der Waals surface area contributed by atoms with Crippen LogP contribution >= 0.6 is 46.4 Å². The zero-order chi connectivity index (χ0) is 96.9. The Labute approximate surface area is 777 Å². The number of carbonyl (C=O) groups excluding carboxylic acids is 4. The van der Waals surface area contributed by atoms with Crippen molar-refractivity contribution in [1.82, 2.24) is 39.1 Å². The Hall–Kier alpha value is -12.9. The van der Waals surface area contributed by atoms with Gasteiger partial charge in [0.05, 0.1) is 60.3 Å². The van der Waals surface area contributed by atoms with E-state index in [4.69, 9.17) is 79.6 Å². The van der Waals surface area contributed by atoms with Gasteiger partial charge in [0, 0.05) is 28.2 Å². The third-order valence-corrected chi connectivity index (χ3v) is 22.3. The fourth-order valence-electron chi connectivity index (χ4n) is 12.6. The van der Waals surface area contributed by atoms with Gasteiger partial charge in [0.15, 0.2) is 23.0 Å². The van der Waals surface area contributed by atoms with Crippen LogP contribution in [0.1, 0.15) is 216 Å². The lowest BCUT2D eigenvalue weighted by molar-refractivity contribution is -0.206. The number of carbonyl (C=O) groups is 4. The number of hydrogen-bond donors (Lipinski definition) is 0. The van der Waals surface area contributed by atoms with Crippen LogP contribution < -0.4 is 0 Å². The number of nitrogens with zero attached hydrogens (tertiary/aromatic N) is 12. The predicted octanol–water partition coefficient (Wildman–Crippen LogP) is 22.9. The van der Waals surface area contributed by atoms with Crippen molar-refractivity contribution in [3.63, 3.8) is 0 Å². The van der Waals surface area contributed by atoms with Crippen LogP contribution in [0.3, 0.4) is 0 Å². The Bertz CT molecular complexity index is 6010. The monoisotopic (exact) mass is 1850 g/mol. The molecule has 0 spiro atoms. The summed E-state index contributed by atoms with van der Waals surface area (Å²) < 4.78 is 86.3. The molecule has 0 atom stereocenters. The Kier molecular flexibility index (Phi) is 36.0. The smallest absolute Gasteiger partial charge is 0.454 e. The number of ether oxygens (including phenoxy) is 8. The molecule has 0 saturated carbocycles. The van der Waals surface area contributed by atoms with Crippen molar-refractivity contribution in [2.45, 2.75) is 172 Å². The third-order valence-electron chi connectivity index (χ3n) is 20.4. The van der Waals surface area contributed by atoms with Crippen molar-refractivity contribution in [1.29, 1.82) is 21.0 Å². The minimum Gasteiger partial charge on any atom is -0.454 e. The van der Waals surface area contributed by atoms with Crippen LogP contribution in [-0.2, 0) is 109 Å². The van der Waals surface area contributed by atoms with Gasteiger partial charge in [-0.3, -0.25) is 28.3 Å². The van der Waals surface area contributed by atoms with Gasteiger partial charge in [0.25, 0.3) is 0 Å². The van der Waals surface area contributed by atoms with Gasteiger partial charge in [0.1, 0.15) is 69.3 Å². The van der Waals surface area contributed by atoms with Crippen LogP contribution in [0.25, 0.3) is 45.3 Å². The first-order valence-electron chi connectivity index (χ1n) is 41.0. The maximum Gasteiger partial charge on any atom is 0.491 e. The van der Waals surface area contributed by atoms with E-state index in [1.807, 2.05) is 169 Å². The Morgan fingerprint density at radius 2 is 0.592 bits per heavy atom. The van der Waals surface area contributed by atoms with Crippen LogP contribution in [0.15, 0.2) is 158 Å². The molecule has 31 heteroatoms. The molecule has 0 N–H and O–H groups in total. The van der Waals surface area contributed by atoms with Crippen molar-refractivity contribution >= 4 is 116 Å². The fraction of sp³-hybridized carbons (Fsp3) is 0.354. The average molecular weight is 1860 g/mol. The Morgan fingerprint density at radius 1 is 0.346 bits per heavy atom. The number of halogens is 7. The zero-order valence-corrected chi connectivity index (χ0v) is 80.2. The highest BCUT2D eigenvalue weighted by Crippen LogP contribution is 2.41. The SMILES string of the molecule is CCC(C)(C)C(=O)OCO/C(=C(/C#N)c1ccc(C(C)(C)C)cc1)c1c(Cl)c(C)nn1C.Cc1nn(C)c(/C(OCOC(=O)C(F)(F)F)=C(\C#N)c2ccc(C(C)(C)C)cc2)c1Cl.Cc1nn(C)c(/C(OCOC(=O)Cc2ccccc2)=C(\C#N)c2ccc(C(C)(C)C)cc2)c1Cl.Cc1nn(C)c(/C(OCOC(=O)c2ccccc2)=C(\C#N)c2ccc(C(C)(C)C)cc2)c1Cl. The molecule has 0 bridgehead atoms. The molecule has 6 aromatic carbocycles. The molecular weight excluding hydrogens is 1750 g/mol. The lowest BCUT2D eigenvalue weighted by atomic mass is 9.86. The molecular formula is C99H107Cl4F3N12O12. The maximum atomic E-state index is 12.4. The van der Waals surface area contributed by atoms with E-state index in [1.165, 1.54) is 11.7 Å². The fourth-order valence-corrected chi connectivity index (χ4v) is 13.5. The lowest BCUT2D eigenvalue weighted by Gasteiger charge is -2.21. The predicted molar refractivity (Wildman–Crippen MR) is 496 cm³/mol. The summed E-state index contributed by atoms with van der Waals surface area (Å²) in [6, 6.07) is 56.8. The van der Waals surface area contributed by atoms with Gasteiger partial charge in [-0.25, -0.2) is 9.59 Å². The summed E-state index contributed by atoms with van der Waals surface area (Å²) in [5.74, 6) is -3.31. The normalized spacial score (nSPS) is 12.4. The van der Waals surface area contributed by atoms with Gasteiger partial charge in [-0.15, -0.1) is 0 Å². The van der Waals surface area contributed by atoms with Crippen molar-refractivity contribution < 1.29 is 70.2 Å². The summed E-state index contributed by atoms with van der Waals surface area (Å²) in [6.45, 7) is 35.5. The van der Waals surface area contributed by atoms with E-state index >= 15 is 0 Å². The summed E-state index contributed by atoms with van der Waals surface area (Å²) in [5, 5.41) is 58.4. The van der Waals surface area contributed by atoms with Gasteiger partial charge < -0.3 is 37.9 Å². The highest BCUT2D eigenvalue weighted by Gasteiger charge is 2.41. The second-order valence-corrected chi connectivity index (χ2v) is 36.2. The molecule has 0 fully saturated rings. The number of allylic oxidation sites excluding steroid dienone is 4. The molecule has 684 valence electrons. The van der Waals surface area contributed by atoms with E-state index in [0.717, 1.165) is 27.8 Å². The molecule has 0 unspecified atom stereocenters. The molecule has 130 heavy (non-hydrogen) atoms. The molecule has 4 aromatic heterocycles. The molecule has 0 aliphatic heterocycles. The van der Waals surface area contributed by atoms with Crippen molar-refractivity contribution in [2.24, 2.45) is 33.6 Å². The number of aryl methyl sites for hydroxylation is 8. The standard InChI is InChI=1S/C27H28ClN3O3.C26H26ClN3O3.C25H32ClN3O3.C21H21ClF3N3O3/c1-18-24(28)25(31(5)30-18)26(34-17-33-23(32)15-19-9-7-6-8-10-19)22(16-29)20-11-13-21(14-12-20)27(2,3)4;1-17-22(27)23(30(5)29-17)24(32-16-33-25(31)19-9-7-6-8-10-19)21(15-28)18-11-13-20(14-12-18)26(2,3)4;1-9-25(6,7)23(30)32-15-31-22(21-20(26)16(2)28-29(21)8)19(14-27)17-10-12-18(13-11-17)24(3,4)5;1-12-16(22)17(28(5)27-12)18(30-11-31-19(29)21(23,24)25)15(10-26)13-6-8-14(9-7-13)20(2,3)4/h6-14H,15,17H2,1-5H3;6-14H,16H2,1-5H3;10-13H,9,15H2,1-8H3;6-9H,11H2,1-5H3/b26-22-;24-21-;22-19-;18-15-. The van der Waals surface area contributed by atoms with E-state index in [1.54, 1.807) is 99.3 Å². The van der Waals surface area contributed by atoms with E-state index in [-0.39, 0.29) is 104 Å². The number of alkyl halides is 3. The van der Waals surface area contributed by atoms with Crippen molar-refractivity contribution in [3.05, 3.63) is 279 Å². The molecule has 0 saturated heterocycles. The first-order chi connectivity index (χ1) is 60.8. The molecule has 10 rings (SSSR count). The Morgan fingerprint density at radius 3 is 0.823 bits per heavy atom. The number of nitriles is 4. The van der Waals surface area contributed by atoms with Gasteiger partial charge in [-0.2, -0.15) is 54.6 Å². The number of benzene rings is 6. The summed E-state index contributed by atoms with van der Waals surface area (Å²) in [5.41, 5.74) is 11.8. The second kappa shape index (κ2) is 44.9. The number of esters is 4. The van der Waals surface area contributed by atoms with E-state index in [9.17, 15) is 53.4 Å². The Balaban J connectivity index is 0.000000237. The van der Waals surface area contributed by atoms with Crippen LogP contribution in [0.5, 0.6) is 0 Å². The van der Waals surface area contributed by atoms with E-state index in [0.29, 0.717) is 89.2 Å². The molecule has 0 aliphatic carbocycles. The first kappa shape index (κ1) is 104. The highest BCUT2D eigenvalue weighted by molar-refractivity contribution is 6.34. The van der Waals surface area contributed by atoms with Crippen LogP contribution in [0.2, 0.25) is 20.1 Å². The largest absolute Gasteiger partial charge is 0.491 e. The second-order valence-electron chi connectivity index (χ2n) is 34.7. The zero-order valence-electron chi connectivity index (χ0n) is 77.2. The molecule has 0 amide bonds. The summed E-state index contributed by atoms with van der Waals surface area (Å²) in [4.78, 5) is 48.0. The maximum absolute atomic E-state index is 12.4. The first-order valence-corrected chi connectivity index (χ1v) is 42.5.